The van der Waals surface area contributed by atoms with Gasteiger partial charge in [-0.1, -0.05) is 26.8 Å². The Morgan fingerprint density at radius 3 is 2.10 bits per heavy atom. The third kappa shape index (κ3) is 3.14. The zero-order valence-corrected chi connectivity index (χ0v) is 13.4. The fraction of sp³-hybridized carbons (Fsp3) is 0.588. The number of aryl methyl sites for hydroxylation is 2. The first-order valence-corrected chi connectivity index (χ1v) is 7.40. The Hall–Kier alpha value is -1.51. The van der Waals surface area contributed by atoms with Crippen LogP contribution in [0.4, 0.5) is 5.69 Å². The molecule has 0 saturated carbocycles. The number of hydrogen-bond acceptors (Lipinski definition) is 2. The molecule has 0 aliphatic carbocycles. The number of amides is 1. The monoisotopic (exact) mass is 274 g/mol. The highest BCUT2D eigenvalue weighted by Crippen LogP contribution is 2.22. The van der Waals surface area contributed by atoms with E-state index in [4.69, 9.17) is 0 Å². The zero-order valence-electron chi connectivity index (χ0n) is 13.4. The molecule has 1 amide bonds. The van der Waals surface area contributed by atoms with E-state index >= 15 is 0 Å². The predicted molar refractivity (Wildman–Crippen MR) is 84.2 cm³/mol. The van der Waals surface area contributed by atoms with E-state index in [1.807, 2.05) is 25.7 Å². The molecular weight excluding hydrogens is 248 g/mol. The van der Waals surface area contributed by atoms with E-state index in [-0.39, 0.29) is 11.3 Å². The van der Waals surface area contributed by atoms with E-state index in [9.17, 15) is 4.79 Å². The van der Waals surface area contributed by atoms with Crippen molar-refractivity contribution >= 4 is 11.6 Å². The Balaban J connectivity index is 2.01. The fourth-order valence-corrected chi connectivity index (χ4v) is 2.56. The maximum absolute atomic E-state index is 12.3. The van der Waals surface area contributed by atoms with Gasteiger partial charge in [-0.05, 0) is 37.1 Å². The molecule has 1 aromatic rings. The van der Waals surface area contributed by atoms with Crippen molar-refractivity contribution in [3.8, 4) is 0 Å². The number of nitrogens with zero attached hydrogens (tertiary/aromatic N) is 2. The summed E-state index contributed by atoms with van der Waals surface area (Å²) in [4.78, 5) is 16.6. The first kappa shape index (κ1) is 14.9. The molecule has 1 aromatic carbocycles. The minimum Gasteiger partial charge on any atom is -0.368 e. The van der Waals surface area contributed by atoms with Gasteiger partial charge in [0.25, 0.3) is 0 Å². The average Bonchev–Trinajstić information content (AvgIpc) is 2.40. The van der Waals surface area contributed by atoms with Crippen LogP contribution in [0.1, 0.15) is 31.9 Å². The molecule has 0 aromatic heterocycles. The first-order valence-electron chi connectivity index (χ1n) is 7.40. The molecule has 110 valence electrons. The van der Waals surface area contributed by atoms with Gasteiger partial charge in [0.2, 0.25) is 5.91 Å². The minimum absolute atomic E-state index is 0.261. The second-order valence-corrected chi connectivity index (χ2v) is 6.80. The molecule has 0 atom stereocenters. The molecule has 1 fully saturated rings. The summed E-state index contributed by atoms with van der Waals surface area (Å²) in [5, 5.41) is 0. The Morgan fingerprint density at radius 1 is 1.00 bits per heavy atom. The highest BCUT2D eigenvalue weighted by atomic mass is 16.2. The quantitative estimate of drug-likeness (QED) is 0.786. The predicted octanol–water partition coefficient (Wildman–Crippen LogP) is 3.00. The van der Waals surface area contributed by atoms with E-state index in [1.54, 1.807) is 0 Å². The molecule has 1 saturated heterocycles. The van der Waals surface area contributed by atoms with Crippen LogP contribution in [0.15, 0.2) is 18.2 Å². The van der Waals surface area contributed by atoms with E-state index in [1.165, 1.54) is 16.8 Å². The normalized spacial score (nSPS) is 16.4. The van der Waals surface area contributed by atoms with E-state index in [2.05, 4.69) is 36.9 Å². The van der Waals surface area contributed by atoms with E-state index < -0.39 is 0 Å². The summed E-state index contributed by atoms with van der Waals surface area (Å²) in [6, 6.07) is 6.61. The maximum Gasteiger partial charge on any atom is 0.228 e. The molecule has 0 unspecified atom stereocenters. The van der Waals surface area contributed by atoms with Crippen LogP contribution in [0.25, 0.3) is 0 Å². The largest absolute Gasteiger partial charge is 0.368 e. The van der Waals surface area contributed by atoms with Gasteiger partial charge in [0.05, 0.1) is 0 Å². The van der Waals surface area contributed by atoms with Crippen LogP contribution in [0.2, 0.25) is 0 Å². The van der Waals surface area contributed by atoms with E-state index in [0.29, 0.717) is 0 Å². The highest BCUT2D eigenvalue weighted by molar-refractivity contribution is 5.81. The molecule has 3 nitrogen and oxygen atoms in total. The van der Waals surface area contributed by atoms with Crippen molar-refractivity contribution in [2.75, 3.05) is 31.1 Å². The summed E-state index contributed by atoms with van der Waals surface area (Å²) < 4.78 is 0. The molecule has 0 N–H and O–H groups in total. The summed E-state index contributed by atoms with van der Waals surface area (Å²) in [6.07, 6.45) is 0. The summed E-state index contributed by atoms with van der Waals surface area (Å²) in [5.74, 6) is 0.261. The molecule has 1 aliphatic heterocycles. The molecule has 0 spiro atoms. The lowest BCUT2D eigenvalue weighted by molar-refractivity contribution is -0.139. The standard InChI is InChI=1S/C17H26N2O/c1-13-6-7-15(12-14(13)2)18-8-10-19(11-9-18)16(20)17(3,4)5/h6-7,12H,8-11H2,1-5H3. The summed E-state index contributed by atoms with van der Waals surface area (Å²) in [5.41, 5.74) is 3.66. The number of benzene rings is 1. The van der Waals surface area contributed by atoms with Gasteiger partial charge in [0, 0.05) is 37.3 Å². The summed E-state index contributed by atoms with van der Waals surface area (Å²) in [7, 11) is 0. The third-order valence-electron chi connectivity index (χ3n) is 4.06. The summed E-state index contributed by atoms with van der Waals surface area (Å²) in [6.45, 7) is 13.7. The van der Waals surface area contributed by atoms with Gasteiger partial charge in [-0.25, -0.2) is 0 Å². The smallest absolute Gasteiger partial charge is 0.228 e. The number of rotatable bonds is 1. The van der Waals surface area contributed by atoms with Gasteiger partial charge in [-0.2, -0.15) is 0 Å². The van der Waals surface area contributed by atoms with Crippen LogP contribution in [0.3, 0.4) is 0 Å². The van der Waals surface area contributed by atoms with Crippen LogP contribution in [0.5, 0.6) is 0 Å². The van der Waals surface area contributed by atoms with E-state index in [0.717, 1.165) is 26.2 Å². The lowest BCUT2D eigenvalue weighted by atomic mass is 9.94. The Bertz CT molecular complexity index is 494. The SMILES string of the molecule is Cc1ccc(N2CCN(C(=O)C(C)(C)C)CC2)cc1C. The Labute approximate surface area is 122 Å². The van der Waals surface area contributed by atoms with Crippen molar-refractivity contribution in [1.29, 1.82) is 0 Å². The minimum atomic E-state index is -0.275. The van der Waals surface area contributed by atoms with Gasteiger partial charge >= 0.3 is 0 Å². The first-order chi connectivity index (χ1) is 9.29. The van der Waals surface area contributed by atoms with Crippen LogP contribution < -0.4 is 4.90 Å². The Kier molecular flexibility index (Phi) is 4.07. The second-order valence-electron chi connectivity index (χ2n) is 6.80. The number of hydrogen-bond donors (Lipinski definition) is 0. The lowest BCUT2D eigenvalue weighted by Gasteiger charge is -2.38. The van der Waals surface area contributed by atoms with Crippen LogP contribution in [-0.2, 0) is 4.79 Å². The topological polar surface area (TPSA) is 23.6 Å². The van der Waals surface area contributed by atoms with Crippen LogP contribution in [-0.4, -0.2) is 37.0 Å². The molecule has 0 radical (unpaired) electrons. The van der Waals surface area contributed by atoms with Crippen LogP contribution >= 0.6 is 0 Å². The Morgan fingerprint density at radius 2 is 1.60 bits per heavy atom. The van der Waals surface area contributed by atoms with Gasteiger partial charge in [-0.15, -0.1) is 0 Å². The van der Waals surface area contributed by atoms with Crippen molar-refractivity contribution in [2.24, 2.45) is 5.41 Å². The molecule has 1 aliphatic rings. The molecular formula is C17H26N2O. The number of anilines is 1. The van der Waals surface area contributed by atoms with Crippen molar-refractivity contribution in [3.05, 3.63) is 29.3 Å². The van der Waals surface area contributed by atoms with Crippen molar-refractivity contribution in [2.45, 2.75) is 34.6 Å². The van der Waals surface area contributed by atoms with Gasteiger partial charge < -0.3 is 9.80 Å². The van der Waals surface area contributed by atoms with Crippen molar-refractivity contribution < 1.29 is 4.79 Å². The molecule has 0 bridgehead atoms. The third-order valence-corrected chi connectivity index (χ3v) is 4.06. The number of carbonyl (C=O) groups excluding carboxylic acids is 1. The zero-order chi connectivity index (χ0) is 14.9. The lowest BCUT2D eigenvalue weighted by Crippen LogP contribution is -2.51. The molecule has 20 heavy (non-hydrogen) atoms. The van der Waals surface area contributed by atoms with Gasteiger partial charge in [0.15, 0.2) is 0 Å². The van der Waals surface area contributed by atoms with Crippen molar-refractivity contribution in [3.63, 3.8) is 0 Å². The number of carbonyl (C=O) groups is 1. The summed E-state index contributed by atoms with van der Waals surface area (Å²) >= 11 is 0. The second kappa shape index (κ2) is 5.47. The number of piperazine rings is 1. The molecule has 3 heteroatoms. The van der Waals surface area contributed by atoms with Crippen molar-refractivity contribution in [1.82, 2.24) is 4.90 Å². The maximum atomic E-state index is 12.3. The molecule has 1 heterocycles. The molecule has 2 rings (SSSR count). The average molecular weight is 274 g/mol. The van der Waals surface area contributed by atoms with Gasteiger partial charge in [-0.3, -0.25) is 4.79 Å². The highest BCUT2D eigenvalue weighted by Gasteiger charge is 2.29. The van der Waals surface area contributed by atoms with Crippen LogP contribution in [0, 0.1) is 19.3 Å². The fourth-order valence-electron chi connectivity index (χ4n) is 2.56. The van der Waals surface area contributed by atoms with Gasteiger partial charge in [0.1, 0.15) is 0 Å².